The van der Waals surface area contributed by atoms with Gasteiger partial charge in [-0.3, -0.25) is 0 Å². The van der Waals surface area contributed by atoms with Gasteiger partial charge in [-0.15, -0.1) is 5.10 Å². The molecular weight excluding hydrogens is 270 g/mol. The smallest absolute Gasteiger partial charge is 0.320 e. The van der Waals surface area contributed by atoms with Crippen molar-refractivity contribution in [2.75, 3.05) is 25.9 Å². The lowest BCUT2D eigenvalue weighted by Gasteiger charge is -2.36. The first kappa shape index (κ1) is 14.2. The molecule has 0 aromatic carbocycles. The number of carbonyl (C=O) groups excluding carboxylic acids is 1. The second-order valence-electron chi connectivity index (χ2n) is 6.10. The van der Waals surface area contributed by atoms with Gasteiger partial charge in [0.05, 0.1) is 5.92 Å². The van der Waals surface area contributed by atoms with E-state index in [0.29, 0.717) is 18.5 Å². The minimum atomic E-state index is 0.0940. The van der Waals surface area contributed by atoms with Crippen LogP contribution in [0.4, 0.5) is 10.8 Å². The molecule has 1 atom stereocenters. The fourth-order valence-corrected chi connectivity index (χ4v) is 3.43. The number of hydrogen-bond donors (Lipinski definition) is 1. The SMILES string of the molecule is CN(C(=O)N1CCCC(c2nnc(N)o2)C1)C1CCCC1. The van der Waals surface area contributed by atoms with Gasteiger partial charge < -0.3 is 20.0 Å². The Morgan fingerprint density at radius 2 is 2.05 bits per heavy atom. The first-order valence-electron chi connectivity index (χ1n) is 7.76. The third kappa shape index (κ3) is 2.96. The predicted octanol–water partition coefficient (Wildman–Crippen LogP) is 1.83. The average Bonchev–Trinajstić information content (AvgIpc) is 3.17. The Labute approximate surface area is 124 Å². The van der Waals surface area contributed by atoms with Crippen LogP contribution >= 0.6 is 0 Å². The van der Waals surface area contributed by atoms with Gasteiger partial charge in [-0.25, -0.2) is 4.79 Å². The molecule has 21 heavy (non-hydrogen) atoms. The highest BCUT2D eigenvalue weighted by molar-refractivity contribution is 5.74. The van der Waals surface area contributed by atoms with Gasteiger partial charge in [0.25, 0.3) is 0 Å². The lowest BCUT2D eigenvalue weighted by atomic mass is 9.98. The van der Waals surface area contributed by atoms with Gasteiger partial charge in [0.15, 0.2) is 0 Å². The molecule has 7 nitrogen and oxygen atoms in total. The molecule has 1 aromatic rings. The zero-order valence-corrected chi connectivity index (χ0v) is 12.5. The van der Waals surface area contributed by atoms with Crippen molar-refractivity contribution in [3.05, 3.63) is 5.89 Å². The first-order chi connectivity index (χ1) is 10.1. The number of rotatable bonds is 2. The van der Waals surface area contributed by atoms with Gasteiger partial charge >= 0.3 is 12.0 Å². The van der Waals surface area contributed by atoms with Crippen molar-refractivity contribution < 1.29 is 9.21 Å². The van der Waals surface area contributed by atoms with Crippen molar-refractivity contribution in [2.45, 2.75) is 50.5 Å². The summed E-state index contributed by atoms with van der Waals surface area (Å²) in [5.41, 5.74) is 5.48. The molecule has 1 saturated carbocycles. The second-order valence-corrected chi connectivity index (χ2v) is 6.10. The van der Waals surface area contributed by atoms with E-state index in [2.05, 4.69) is 10.2 Å². The van der Waals surface area contributed by atoms with Gasteiger partial charge in [-0.2, -0.15) is 0 Å². The summed E-state index contributed by atoms with van der Waals surface area (Å²) < 4.78 is 5.32. The van der Waals surface area contributed by atoms with Crippen LogP contribution in [0.15, 0.2) is 4.42 Å². The van der Waals surface area contributed by atoms with Crippen molar-refractivity contribution in [1.29, 1.82) is 0 Å². The summed E-state index contributed by atoms with van der Waals surface area (Å²) in [5.74, 6) is 0.651. The van der Waals surface area contributed by atoms with E-state index in [1.165, 1.54) is 12.8 Å². The van der Waals surface area contributed by atoms with Gasteiger partial charge in [-0.1, -0.05) is 17.9 Å². The lowest BCUT2D eigenvalue weighted by molar-refractivity contribution is 0.130. The van der Waals surface area contributed by atoms with E-state index >= 15 is 0 Å². The number of carbonyl (C=O) groups is 1. The lowest BCUT2D eigenvalue weighted by Crippen LogP contribution is -2.48. The quantitative estimate of drug-likeness (QED) is 0.898. The Hall–Kier alpha value is -1.79. The molecule has 1 aliphatic carbocycles. The van der Waals surface area contributed by atoms with Crippen LogP contribution in [0.3, 0.4) is 0 Å². The standard InChI is InChI=1S/C14H23N5O2/c1-18(11-6-2-3-7-11)14(20)19-8-4-5-10(9-19)12-16-17-13(15)21-12/h10-11H,2-9H2,1H3,(H2,15,17). The maximum atomic E-state index is 12.6. The van der Waals surface area contributed by atoms with E-state index in [4.69, 9.17) is 10.2 Å². The van der Waals surface area contributed by atoms with Crippen molar-refractivity contribution in [3.8, 4) is 0 Å². The number of urea groups is 1. The summed E-state index contributed by atoms with van der Waals surface area (Å²) >= 11 is 0. The molecule has 1 saturated heterocycles. The molecule has 7 heteroatoms. The average molecular weight is 293 g/mol. The maximum absolute atomic E-state index is 12.6. The molecule has 0 spiro atoms. The summed E-state index contributed by atoms with van der Waals surface area (Å²) in [6.07, 6.45) is 6.62. The van der Waals surface area contributed by atoms with Crippen LogP contribution in [0.25, 0.3) is 0 Å². The molecule has 1 aliphatic heterocycles. The number of nitrogens with zero attached hydrogens (tertiary/aromatic N) is 4. The molecule has 2 amide bonds. The third-order valence-electron chi connectivity index (χ3n) is 4.67. The van der Waals surface area contributed by atoms with Gasteiger partial charge in [0.2, 0.25) is 5.89 Å². The molecule has 0 radical (unpaired) electrons. The summed E-state index contributed by atoms with van der Waals surface area (Å²) in [4.78, 5) is 16.5. The van der Waals surface area contributed by atoms with Crippen LogP contribution in [0.2, 0.25) is 0 Å². The minimum Gasteiger partial charge on any atom is -0.408 e. The number of nitrogens with two attached hydrogens (primary N) is 1. The fraction of sp³-hybridized carbons (Fsp3) is 0.786. The molecule has 2 aliphatic rings. The Kier molecular flexibility index (Phi) is 3.98. The molecule has 2 fully saturated rings. The molecule has 3 rings (SSSR count). The Bertz CT molecular complexity index is 497. The normalized spacial score (nSPS) is 23.5. The number of nitrogen functional groups attached to an aromatic ring is 1. The van der Waals surface area contributed by atoms with Crippen LogP contribution < -0.4 is 5.73 Å². The highest BCUT2D eigenvalue weighted by Gasteiger charge is 2.32. The minimum absolute atomic E-state index is 0.0940. The van der Waals surface area contributed by atoms with Crippen LogP contribution in [0.5, 0.6) is 0 Å². The zero-order valence-electron chi connectivity index (χ0n) is 12.5. The van der Waals surface area contributed by atoms with Gasteiger partial charge in [0, 0.05) is 26.2 Å². The van der Waals surface area contributed by atoms with E-state index in [0.717, 1.165) is 32.2 Å². The largest absolute Gasteiger partial charge is 0.408 e. The molecule has 116 valence electrons. The summed E-state index contributed by atoms with van der Waals surface area (Å²) in [7, 11) is 1.92. The number of hydrogen-bond acceptors (Lipinski definition) is 5. The highest BCUT2D eigenvalue weighted by atomic mass is 16.4. The van der Waals surface area contributed by atoms with E-state index in [1.807, 2.05) is 16.8 Å². The Morgan fingerprint density at radius 3 is 2.71 bits per heavy atom. The maximum Gasteiger partial charge on any atom is 0.320 e. The van der Waals surface area contributed by atoms with Crippen LogP contribution in [0, 0.1) is 0 Å². The Balaban J connectivity index is 1.63. The predicted molar refractivity (Wildman–Crippen MR) is 77.7 cm³/mol. The van der Waals surface area contributed by atoms with Gasteiger partial charge in [-0.05, 0) is 25.7 Å². The van der Waals surface area contributed by atoms with Crippen molar-refractivity contribution in [1.82, 2.24) is 20.0 Å². The number of amides is 2. The number of aromatic nitrogens is 2. The van der Waals surface area contributed by atoms with Crippen LogP contribution in [-0.4, -0.2) is 52.2 Å². The first-order valence-corrected chi connectivity index (χ1v) is 7.76. The molecular formula is C14H23N5O2. The highest BCUT2D eigenvalue weighted by Crippen LogP contribution is 2.28. The molecule has 0 bridgehead atoms. The number of anilines is 1. The number of likely N-dealkylation sites (tertiary alicyclic amines) is 1. The van der Waals surface area contributed by atoms with E-state index in [1.54, 1.807) is 0 Å². The zero-order chi connectivity index (χ0) is 14.8. The molecule has 2 heterocycles. The van der Waals surface area contributed by atoms with Crippen molar-refractivity contribution in [3.63, 3.8) is 0 Å². The topological polar surface area (TPSA) is 88.5 Å². The van der Waals surface area contributed by atoms with Gasteiger partial charge in [0.1, 0.15) is 0 Å². The van der Waals surface area contributed by atoms with Crippen LogP contribution in [-0.2, 0) is 0 Å². The van der Waals surface area contributed by atoms with Crippen LogP contribution in [0.1, 0.15) is 50.3 Å². The van der Waals surface area contributed by atoms with Crippen molar-refractivity contribution in [2.24, 2.45) is 0 Å². The molecule has 2 N–H and O–H groups in total. The number of piperidine rings is 1. The van der Waals surface area contributed by atoms with E-state index in [-0.39, 0.29) is 18.0 Å². The Morgan fingerprint density at radius 1 is 1.29 bits per heavy atom. The summed E-state index contributed by atoms with van der Waals surface area (Å²) in [6, 6.07) is 0.618. The summed E-state index contributed by atoms with van der Waals surface area (Å²) in [6.45, 7) is 1.44. The monoisotopic (exact) mass is 293 g/mol. The molecule has 1 unspecified atom stereocenters. The fourth-order valence-electron chi connectivity index (χ4n) is 3.43. The molecule has 1 aromatic heterocycles. The third-order valence-corrected chi connectivity index (χ3v) is 4.67. The van der Waals surface area contributed by atoms with E-state index in [9.17, 15) is 4.79 Å². The van der Waals surface area contributed by atoms with E-state index < -0.39 is 0 Å². The summed E-state index contributed by atoms with van der Waals surface area (Å²) in [5, 5.41) is 7.67. The second kappa shape index (κ2) is 5.91. The van der Waals surface area contributed by atoms with Crippen molar-refractivity contribution >= 4 is 12.0 Å².